The number of amides is 1. The molecule has 0 bridgehead atoms. The number of carbonyl (C=O) groups excluding carboxylic acids is 1. The normalized spacial score (nSPS) is 21.6. The Bertz CT molecular complexity index is 464. The fourth-order valence-corrected chi connectivity index (χ4v) is 2.43. The molecule has 0 spiro atoms. The smallest absolute Gasteiger partial charge is 0.229 e. The molecule has 0 aromatic heterocycles. The molecular formula is C16H22N2O. The average molecular weight is 258 g/mol. The lowest BCUT2D eigenvalue weighted by atomic mass is 10.1. The lowest BCUT2D eigenvalue weighted by molar-refractivity contribution is -0.133. The lowest BCUT2D eigenvalue weighted by Crippen LogP contribution is -2.32. The van der Waals surface area contributed by atoms with Crippen LogP contribution >= 0.6 is 0 Å². The van der Waals surface area contributed by atoms with Gasteiger partial charge in [0.05, 0.1) is 5.92 Å². The summed E-state index contributed by atoms with van der Waals surface area (Å²) in [5.41, 5.74) is 8.28. The second-order valence-corrected chi connectivity index (χ2v) is 5.26. The molecule has 2 N–H and O–H groups in total. The van der Waals surface area contributed by atoms with Gasteiger partial charge in [-0.2, -0.15) is 0 Å². The fraction of sp³-hybridized carbons (Fsp3) is 0.438. The minimum absolute atomic E-state index is 0.0335. The largest absolute Gasteiger partial charge is 0.341 e. The Morgan fingerprint density at radius 3 is 2.42 bits per heavy atom. The van der Waals surface area contributed by atoms with Gasteiger partial charge in [-0.3, -0.25) is 4.79 Å². The van der Waals surface area contributed by atoms with Crippen LogP contribution in [0.2, 0.25) is 0 Å². The third kappa shape index (κ3) is 3.44. The van der Waals surface area contributed by atoms with E-state index in [-0.39, 0.29) is 17.9 Å². The van der Waals surface area contributed by atoms with Gasteiger partial charge in [0, 0.05) is 19.6 Å². The Balaban J connectivity index is 1.94. The molecule has 0 saturated carbocycles. The van der Waals surface area contributed by atoms with Crippen LogP contribution in [0.15, 0.2) is 36.4 Å². The molecule has 1 amide bonds. The number of nitrogens with two attached hydrogens (primary N) is 1. The maximum Gasteiger partial charge on any atom is 0.229 e. The summed E-state index contributed by atoms with van der Waals surface area (Å²) in [7, 11) is 1.85. The van der Waals surface area contributed by atoms with E-state index in [0.717, 1.165) is 12.8 Å². The van der Waals surface area contributed by atoms with Gasteiger partial charge in [-0.25, -0.2) is 0 Å². The Kier molecular flexibility index (Phi) is 4.38. The molecule has 0 heterocycles. The van der Waals surface area contributed by atoms with Crippen molar-refractivity contribution in [3.8, 4) is 0 Å². The molecule has 2 unspecified atom stereocenters. The van der Waals surface area contributed by atoms with Gasteiger partial charge in [-0.1, -0.05) is 43.3 Å². The molecule has 1 aromatic rings. The zero-order valence-electron chi connectivity index (χ0n) is 11.7. The number of hydrogen-bond donors (Lipinski definition) is 1. The first-order valence-electron chi connectivity index (χ1n) is 6.87. The van der Waals surface area contributed by atoms with Crippen molar-refractivity contribution in [2.24, 2.45) is 11.7 Å². The molecule has 102 valence electrons. The van der Waals surface area contributed by atoms with Crippen LogP contribution in [0.4, 0.5) is 0 Å². The van der Waals surface area contributed by atoms with E-state index in [1.165, 1.54) is 11.1 Å². The second kappa shape index (κ2) is 6.02. The SMILES string of the molecule is CCc1ccc(CN(C)C(=O)C2C=CC(N)C2)cc1. The number of carbonyl (C=O) groups is 1. The Morgan fingerprint density at radius 2 is 1.89 bits per heavy atom. The highest BCUT2D eigenvalue weighted by Gasteiger charge is 2.25. The summed E-state index contributed by atoms with van der Waals surface area (Å²) in [4.78, 5) is 14.0. The third-order valence-corrected chi connectivity index (χ3v) is 3.66. The zero-order valence-corrected chi connectivity index (χ0v) is 11.7. The molecule has 2 atom stereocenters. The first kappa shape index (κ1) is 13.8. The molecule has 1 aromatic carbocycles. The summed E-state index contributed by atoms with van der Waals surface area (Å²) >= 11 is 0. The quantitative estimate of drug-likeness (QED) is 0.841. The van der Waals surface area contributed by atoms with Crippen molar-refractivity contribution in [3.05, 3.63) is 47.5 Å². The van der Waals surface area contributed by atoms with E-state index in [2.05, 4.69) is 31.2 Å². The maximum absolute atomic E-state index is 12.2. The van der Waals surface area contributed by atoms with Crippen molar-refractivity contribution >= 4 is 5.91 Å². The van der Waals surface area contributed by atoms with Crippen LogP contribution in [0.25, 0.3) is 0 Å². The summed E-state index contributed by atoms with van der Waals surface area (Å²) in [5, 5.41) is 0. The Labute approximate surface area is 115 Å². The summed E-state index contributed by atoms with van der Waals surface area (Å²) in [6.07, 6.45) is 5.63. The summed E-state index contributed by atoms with van der Waals surface area (Å²) < 4.78 is 0. The highest BCUT2D eigenvalue weighted by molar-refractivity contribution is 5.81. The summed E-state index contributed by atoms with van der Waals surface area (Å²) in [6, 6.07) is 8.47. The second-order valence-electron chi connectivity index (χ2n) is 5.26. The van der Waals surface area contributed by atoms with Crippen LogP contribution in [-0.4, -0.2) is 23.9 Å². The number of rotatable bonds is 4. The Hall–Kier alpha value is -1.61. The van der Waals surface area contributed by atoms with E-state index >= 15 is 0 Å². The van der Waals surface area contributed by atoms with E-state index in [9.17, 15) is 4.79 Å². The number of hydrogen-bond acceptors (Lipinski definition) is 2. The highest BCUT2D eigenvalue weighted by atomic mass is 16.2. The van der Waals surface area contributed by atoms with Gasteiger partial charge in [-0.05, 0) is 24.0 Å². The van der Waals surface area contributed by atoms with Crippen LogP contribution in [0.1, 0.15) is 24.5 Å². The fourth-order valence-electron chi connectivity index (χ4n) is 2.43. The van der Waals surface area contributed by atoms with Gasteiger partial charge in [0.2, 0.25) is 5.91 Å². The summed E-state index contributed by atoms with van der Waals surface area (Å²) in [6.45, 7) is 2.79. The van der Waals surface area contributed by atoms with Crippen molar-refractivity contribution in [2.45, 2.75) is 32.4 Å². The van der Waals surface area contributed by atoms with Crippen molar-refractivity contribution in [2.75, 3.05) is 7.05 Å². The van der Waals surface area contributed by atoms with Gasteiger partial charge in [-0.15, -0.1) is 0 Å². The van der Waals surface area contributed by atoms with E-state index in [0.29, 0.717) is 6.54 Å². The highest BCUT2D eigenvalue weighted by Crippen LogP contribution is 2.19. The predicted molar refractivity (Wildman–Crippen MR) is 77.5 cm³/mol. The van der Waals surface area contributed by atoms with Crippen LogP contribution in [0, 0.1) is 5.92 Å². The monoisotopic (exact) mass is 258 g/mol. The molecule has 1 aliphatic carbocycles. The summed E-state index contributed by atoms with van der Waals surface area (Å²) in [5.74, 6) is 0.110. The first-order valence-corrected chi connectivity index (χ1v) is 6.87. The lowest BCUT2D eigenvalue weighted by Gasteiger charge is -2.21. The average Bonchev–Trinajstić information content (AvgIpc) is 2.85. The molecule has 2 rings (SSSR count). The van der Waals surface area contributed by atoms with Crippen molar-refractivity contribution in [3.63, 3.8) is 0 Å². The first-order chi connectivity index (χ1) is 9.10. The van der Waals surface area contributed by atoms with Crippen molar-refractivity contribution in [1.29, 1.82) is 0 Å². The molecule has 0 radical (unpaired) electrons. The van der Waals surface area contributed by atoms with Gasteiger partial charge in [0.15, 0.2) is 0 Å². The maximum atomic E-state index is 12.2. The zero-order chi connectivity index (χ0) is 13.8. The topological polar surface area (TPSA) is 46.3 Å². The van der Waals surface area contributed by atoms with Crippen molar-refractivity contribution < 1.29 is 4.79 Å². The van der Waals surface area contributed by atoms with Crippen LogP contribution in [-0.2, 0) is 17.8 Å². The van der Waals surface area contributed by atoms with E-state index < -0.39 is 0 Å². The predicted octanol–water partition coefficient (Wildman–Crippen LogP) is 2.11. The van der Waals surface area contributed by atoms with E-state index in [4.69, 9.17) is 5.73 Å². The number of aryl methyl sites for hydroxylation is 1. The molecule has 1 aliphatic rings. The molecule has 0 aliphatic heterocycles. The van der Waals surface area contributed by atoms with Crippen LogP contribution < -0.4 is 5.73 Å². The minimum atomic E-state index is -0.0464. The van der Waals surface area contributed by atoms with Crippen LogP contribution in [0.5, 0.6) is 0 Å². The molecule has 3 nitrogen and oxygen atoms in total. The van der Waals surface area contributed by atoms with Crippen molar-refractivity contribution in [1.82, 2.24) is 4.90 Å². The molecule has 0 saturated heterocycles. The van der Waals surface area contributed by atoms with E-state index in [1.807, 2.05) is 19.2 Å². The van der Waals surface area contributed by atoms with Gasteiger partial charge < -0.3 is 10.6 Å². The Morgan fingerprint density at radius 1 is 1.26 bits per heavy atom. The molecule has 3 heteroatoms. The van der Waals surface area contributed by atoms with Gasteiger partial charge >= 0.3 is 0 Å². The number of nitrogens with zero attached hydrogens (tertiary/aromatic N) is 1. The van der Waals surface area contributed by atoms with Crippen LogP contribution in [0.3, 0.4) is 0 Å². The number of benzene rings is 1. The van der Waals surface area contributed by atoms with E-state index in [1.54, 1.807) is 4.90 Å². The molecule has 0 fully saturated rings. The molecule has 19 heavy (non-hydrogen) atoms. The molecular weight excluding hydrogens is 236 g/mol. The van der Waals surface area contributed by atoms with Gasteiger partial charge in [0.25, 0.3) is 0 Å². The van der Waals surface area contributed by atoms with Gasteiger partial charge in [0.1, 0.15) is 0 Å². The standard InChI is InChI=1S/C16H22N2O/c1-3-12-4-6-13(7-5-12)11-18(2)16(19)14-8-9-15(17)10-14/h4-9,14-15H,3,10-11,17H2,1-2H3. The third-order valence-electron chi connectivity index (χ3n) is 3.66. The minimum Gasteiger partial charge on any atom is -0.341 e.